The standard InChI is InChI=1S/C22H28N4O/c27-22(21-15-20(24-25-21)18-9-5-2-6-10-18)23-19-11-13-26(14-12-19)16-17-7-3-1-4-8-17/h1-10,19-21,24-25H,11-16H2,(H,23,27). The van der Waals surface area contributed by atoms with Crippen LogP contribution in [0.25, 0.3) is 0 Å². The van der Waals surface area contributed by atoms with Crippen LogP contribution in [0.3, 0.4) is 0 Å². The fourth-order valence-corrected chi connectivity index (χ4v) is 4.01. The maximum absolute atomic E-state index is 12.6. The average Bonchev–Trinajstić information content (AvgIpc) is 3.21. The Hall–Kier alpha value is -2.21. The predicted molar refractivity (Wildman–Crippen MR) is 107 cm³/mol. The Morgan fingerprint density at radius 3 is 2.33 bits per heavy atom. The summed E-state index contributed by atoms with van der Waals surface area (Å²) < 4.78 is 0. The molecule has 2 saturated heterocycles. The average molecular weight is 364 g/mol. The summed E-state index contributed by atoms with van der Waals surface area (Å²) in [6.07, 6.45) is 2.81. The van der Waals surface area contributed by atoms with Crippen LogP contribution >= 0.6 is 0 Å². The lowest BCUT2D eigenvalue weighted by atomic mass is 10.0. The summed E-state index contributed by atoms with van der Waals surface area (Å²) in [6.45, 7) is 3.06. The highest BCUT2D eigenvalue weighted by atomic mass is 16.2. The number of hydrogen-bond acceptors (Lipinski definition) is 4. The SMILES string of the molecule is O=C(NC1CCN(Cc2ccccc2)CC1)C1CC(c2ccccc2)NN1. The number of nitrogens with one attached hydrogen (secondary N) is 3. The lowest BCUT2D eigenvalue weighted by Crippen LogP contribution is -2.50. The van der Waals surface area contributed by atoms with Gasteiger partial charge in [0.2, 0.25) is 5.91 Å². The molecule has 2 unspecified atom stereocenters. The number of nitrogens with zero attached hydrogens (tertiary/aromatic N) is 1. The zero-order valence-electron chi connectivity index (χ0n) is 15.6. The van der Waals surface area contributed by atoms with Crippen LogP contribution in [0.4, 0.5) is 0 Å². The van der Waals surface area contributed by atoms with Gasteiger partial charge in [-0.1, -0.05) is 60.7 Å². The summed E-state index contributed by atoms with van der Waals surface area (Å²) >= 11 is 0. The van der Waals surface area contributed by atoms with E-state index in [1.54, 1.807) is 0 Å². The number of piperidine rings is 1. The van der Waals surface area contributed by atoms with E-state index in [1.807, 2.05) is 18.2 Å². The van der Waals surface area contributed by atoms with Crippen LogP contribution in [0.15, 0.2) is 60.7 Å². The van der Waals surface area contributed by atoms with Gasteiger partial charge in [0.15, 0.2) is 0 Å². The summed E-state index contributed by atoms with van der Waals surface area (Å²) in [5.41, 5.74) is 8.99. The third-order valence-electron chi connectivity index (χ3n) is 5.60. The largest absolute Gasteiger partial charge is 0.352 e. The smallest absolute Gasteiger partial charge is 0.238 e. The Bertz CT molecular complexity index is 728. The molecular weight excluding hydrogens is 336 g/mol. The number of carbonyl (C=O) groups excluding carboxylic acids is 1. The van der Waals surface area contributed by atoms with Crippen LogP contribution in [0.2, 0.25) is 0 Å². The van der Waals surface area contributed by atoms with E-state index in [0.29, 0.717) is 0 Å². The minimum absolute atomic E-state index is 0.113. The first kappa shape index (κ1) is 18.2. The third-order valence-corrected chi connectivity index (χ3v) is 5.60. The molecule has 4 rings (SSSR count). The maximum atomic E-state index is 12.6. The number of amides is 1. The maximum Gasteiger partial charge on any atom is 0.238 e. The second kappa shape index (κ2) is 8.65. The fourth-order valence-electron chi connectivity index (χ4n) is 4.01. The number of carbonyl (C=O) groups is 1. The van der Waals surface area contributed by atoms with Crippen molar-refractivity contribution in [3.8, 4) is 0 Å². The minimum atomic E-state index is -0.169. The van der Waals surface area contributed by atoms with Crippen molar-refractivity contribution < 1.29 is 4.79 Å². The molecule has 2 aromatic rings. The molecule has 2 fully saturated rings. The van der Waals surface area contributed by atoms with Crippen molar-refractivity contribution >= 4 is 5.91 Å². The first-order valence-corrected chi connectivity index (χ1v) is 9.90. The summed E-state index contributed by atoms with van der Waals surface area (Å²) in [4.78, 5) is 15.1. The molecule has 0 aliphatic carbocycles. The van der Waals surface area contributed by atoms with Crippen molar-refractivity contribution in [3.05, 3.63) is 71.8 Å². The van der Waals surface area contributed by atoms with Gasteiger partial charge >= 0.3 is 0 Å². The molecule has 3 N–H and O–H groups in total. The highest BCUT2D eigenvalue weighted by Gasteiger charge is 2.31. The van der Waals surface area contributed by atoms with Gasteiger partial charge in [-0.05, 0) is 30.4 Å². The van der Waals surface area contributed by atoms with Crippen molar-refractivity contribution in [2.75, 3.05) is 13.1 Å². The minimum Gasteiger partial charge on any atom is -0.352 e. The molecule has 2 atom stereocenters. The van der Waals surface area contributed by atoms with Gasteiger partial charge in [0.05, 0.1) is 0 Å². The van der Waals surface area contributed by atoms with Crippen LogP contribution in [0.1, 0.15) is 36.4 Å². The quantitative estimate of drug-likeness (QED) is 0.762. The molecule has 5 heteroatoms. The van der Waals surface area contributed by atoms with E-state index in [-0.39, 0.29) is 24.0 Å². The van der Waals surface area contributed by atoms with Crippen LogP contribution < -0.4 is 16.2 Å². The van der Waals surface area contributed by atoms with E-state index in [2.05, 4.69) is 63.5 Å². The van der Waals surface area contributed by atoms with Crippen molar-refractivity contribution in [1.29, 1.82) is 0 Å². The Morgan fingerprint density at radius 1 is 0.963 bits per heavy atom. The molecule has 0 bridgehead atoms. The number of hydrazine groups is 1. The third kappa shape index (κ3) is 4.75. The highest BCUT2D eigenvalue weighted by molar-refractivity contribution is 5.82. The summed E-state index contributed by atoms with van der Waals surface area (Å²) in [7, 11) is 0. The molecule has 142 valence electrons. The van der Waals surface area contributed by atoms with Crippen molar-refractivity contribution in [1.82, 2.24) is 21.1 Å². The lowest BCUT2D eigenvalue weighted by Gasteiger charge is -2.32. The Balaban J connectivity index is 1.22. The fraction of sp³-hybridized carbons (Fsp3) is 0.409. The molecule has 2 heterocycles. The second-order valence-electron chi connectivity index (χ2n) is 7.58. The first-order chi connectivity index (χ1) is 13.3. The first-order valence-electron chi connectivity index (χ1n) is 9.90. The van der Waals surface area contributed by atoms with Crippen LogP contribution in [-0.2, 0) is 11.3 Å². The van der Waals surface area contributed by atoms with Gasteiger partial charge in [0, 0.05) is 31.7 Å². The summed E-state index contributed by atoms with van der Waals surface area (Å²) in [5, 5.41) is 3.25. The van der Waals surface area contributed by atoms with Crippen molar-refractivity contribution in [3.63, 3.8) is 0 Å². The van der Waals surface area contributed by atoms with Gasteiger partial charge in [0.25, 0.3) is 0 Å². The number of benzene rings is 2. The van der Waals surface area contributed by atoms with Gasteiger partial charge in [-0.3, -0.25) is 9.69 Å². The molecule has 5 nitrogen and oxygen atoms in total. The monoisotopic (exact) mass is 364 g/mol. The van der Waals surface area contributed by atoms with Crippen LogP contribution in [0, 0.1) is 0 Å². The molecule has 2 aliphatic heterocycles. The number of likely N-dealkylation sites (tertiary alicyclic amines) is 1. The van der Waals surface area contributed by atoms with Gasteiger partial charge in [-0.25, -0.2) is 10.9 Å². The van der Waals surface area contributed by atoms with Crippen molar-refractivity contribution in [2.45, 2.75) is 43.9 Å². The molecule has 0 aromatic heterocycles. The molecule has 0 saturated carbocycles. The van der Waals surface area contributed by atoms with Crippen molar-refractivity contribution in [2.24, 2.45) is 0 Å². The van der Waals surface area contributed by atoms with E-state index in [0.717, 1.165) is 38.9 Å². The number of hydrogen-bond donors (Lipinski definition) is 3. The molecule has 2 aliphatic rings. The zero-order chi connectivity index (χ0) is 18.5. The number of rotatable bonds is 5. The Morgan fingerprint density at radius 2 is 1.63 bits per heavy atom. The van der Waals surface area contributed by atoms with E-state index in [9.17, 15) is 4.79 Å². The van der Waals surface area contributed by atoms with Gasteiger partial charge in [0.1, 0.15) is 6.04 Å². The van der Waals surface area contributed by atoms with Gasteiger partial charge in [-0.15, -0.1) is 0 Å². The molecule has 27 heavy (non-hydrogen) atoms. The molecule has 1 amide bonds. The second-order valence-corrected chi connectivity index (χ2v) is 7.58. The molecular formula is C22H28N4O. The Kier molecular flexibility index (Phi) is 5.82. The predicted octanol–water partition coefficient (Wildman–Crippen LogP) is 2.37. The van der Waals surface area contributed by atoms with Gasteiger partial charge in [-0.2, -0.15) is 0 Å². The molecule has 0 radical (unpaired) electrons. The molecule has 0 spiro atoms. The highest BCUT2D eigenvalue weighted by Crippen LogP contribution is 2.22. The topological polar surface area (TPSA) is 56.4 Å². The van der Waals surface area contributed by atoms with E-state index in [4.69, 9.17) is 0 Å². The lowest BCUT2D eigenvalue weighted by molar-refractivity contribution is -0.123. The van der Waals surface area contributed by atoms with Gasteiger partial charge < -0.3 is 5.32 Å². The van der Waals surface area contributed by atoms with Crippen LogP contribution in [-0.4, -0.2) is 36.0 Å². The summed E-state index contributed by atoms with van der Waals surface area (Å²) in [5.74, 6) is 0.113. The van der Waals surface area contributed by atoms with E-state index >= 15 is 0 Å². The van der Waals surface area contributed by atoms with E-state index in [1.165, 1.54) is 11.1 Å². The Labute approximate surface area is 161 Å². The van der Waals surface area contributed by atoms with Crippen LogP contribution in [0.5, 0.6) is 0 Å². The molecule has 2 aromatic carbocycles. The zero-order valence-corrected chi connectivity index (χ0v) is 15.6. The summed E-state index contributed by atoms with van der Waals surface area (Å²) in [6, 6.07) is 21.2. The van der Waals surface area contributed by atoms with E-state index < -0.39 is 0 Å². The normalized spacial score (nSPS) is 24.0.